The molecule has 2 rings (SSSR count). The van der Waals surface area contributed by atoms with Crippen molar-refractivity contribution < 1.29 is 4.74 Å². The summed E-state index contributed by atoms with van der Waals surface area (Å²) in [5.41, 5.74) is 7.68. The number of hydrogen-bond donors (Lipinski definition) is 1. The Morgan fingerprint density at radius 1 is 1.17 bits per heavy atom. The average Bonchev–Trinajstić information content (AvgIpc) is 2.38. The van der Waals surface area contributed by atoms with Crippen molar-refractivity contribution in [3.05, 3.63) is 36.2 Å². The Kier molecular flexibility index (Phi) is 3.77. The zero-order valence-corrected chi connectivity index (χ0v) is 10.7. The first-order valence-electron chi connectivity index (χ1n) is 6.00. The predicted octanol–water partition coefficient (Wildman–Crippen LogP) is 2.69. The fraction of sp³-hybridized carbons (Fsp3) is 0.286. The van der Waals surface area contributed by atoms with E-state index in [9.17, 15) is 0 Å². The van der Waals surface area contributed by atoms with E-state index in [4.69, 9.17) is 10.5 Å². The van der Waals surface area contributed by atoms with Crippen molar-refractivity contribution in [2.75, 3.05) is 12.8 Å². The molecule has 0 amide bonds. The first-order chi connectivity index (χ1) is 8.72. The van der Waals surface area contributed by atoms with Gasteiger partial charge in [0.05, 0.1) is 12.8 Å². The summed E-state index contributed by atoms with van der Waals surface area (Å²) in [6, 6.07) is 9.55. The van der Waals surface area contributed by atoms with E-state index in [0.717, 1.165) is 35.7 Å². The maximum absolute atomic E-state index is 5.81. The maximum atomic E-state index is 5.81. The number of nitrogens with zero attached hydrogens (tertiary/aromatic N) is 2. The number of hydrogen-bond acceptors (Lipinski definition) is 4. The third-order valence-corrected chi connectivity index (χ3v) is 2.65. The minimum absolute atomic E-state index is 0.513. The van der Waals surface area contributed by atoms with Gasteiger partial charge in [0.15, 0.2) is 0 Å². The molecule has 4 heteroatoms. The van der Waals surface area contributed by atoms with Gasteiger partial charge in [-0.25, -0.2) is 9.97 Å². The van der Waals surface area contributed by atoms with E-state index in [0.29, 0.717) is 5.82 Å². The first-order valence-corrected chi connectivity index (χ1v) is 6.00. The van der Waals surface area contributed by atoms with Crippen LogP contribution in [0, 0.1) is 0 Å². The number of aryl methyl sites for hydroxylation is 1. The Labute approximate surface area is 107 Å². The van der Waals surface area contributed by atoms with Crippen LogP contribution in [0.3, 0.4) is 0 Å². The Hall–Kier alpha value is -2.10. The molecule has 2 N–H and O–H groups in total. The second kappa shape index (κ2) is 5.49. The summed E-state index contributed by atoms with van der Waals surface area (Å²) in [7, 11) is 1.65. The van der Waals surface area contributed by atoms with Crippen LogP contribution in [0.25, 0.3) is 11.3 Å². The van der Waals surface area contributed by atoms with Crippen molar-refractivity contribution in [1.82, 2.24) is 9.97 Å². The van der Waals surface area contributed by atoms with Gasteiger partial charge >= 0.3 is 0 Å². The van der Waals surface area contributed by atoms with Crippen LogP contribution < -0.4 is 10.5 Å². The summed E-state index contributed by atoms with van der Waals surface area (Å²) < 4.78 is 5.13. The second-order valence-electron chi connectivity index (χ2n) is 4.07. The van der Waals surface area contributed by atoms with Gasteiger partial charge in [-0.15, -0.1) is 0 Å². The minimum Gasteiger partial charge on any atom is -0.497 e. The minimum atomic E-state index is 0.513. The Bertz CT molecular complexity index is 523. The van der Waals surface area contributed by atoms with Crippen LogP contribution in [0.2, 0.25) is 0 Å². The van der Waals surface area contributed by atoms with Crippen LogP contribution >= 0.6 is 0 Å². The van der Waals surface area contributed by atoms with Crippen LogP contribution in [0.1, 0.15) is 19.2 Å². The van der Waals surface area contributed by atoms with Gasteiger partial charge in [-0.05, 0) is 30.7 Å². The molecule has 0 saturated heterocycles. The smallest absolute Gasteiger partial charge is 0.131 e. The molecule has 0 atom stereocenters. The molecule has 0 saturated carbocycles. The highest BCUT2D eigenvalue weighted by Crippen LogP contribution is 2.22. The highest BCUT2D eigenvalue weighted by Gasteiger charge is 2.05. The predicted molar refractivity (Wildman–Crippen MR) is 72.4 cm³/mol. The quantitative estimate of drug-likeness (QED) is 0.896. The van der Waals surface area contributed by atoms with Crippen molar-refractivity contribution in [3.63, 3.8) is 0 Å². The molecule has 0 aliphatic heterocycles. The van der Waals surface area contributed by atoms with Gasteiger partial charge in [0, 0.05) is 18.1 Å². The molecule has 0 radical (unpaired) electrons. The fourth-order valence-corrected chi connectivity index (χ4v) is 1.76. The van der Waals surface area contributed by atoms with E-state index in [1.807, 2.05) is 24.3 Å². The average molecular weight is 243 g/mol. The first kappa shape index (κ1) is 12.4. The molecule has 0 bridgehead atoms. The molecule has 0 aliphatic rings. The van der Waals surface area contributed by atoms with Crippen molar-refractivity contribution in [1.29, 1.82) is 0 Å². The highest BCUT2D eigenvalue weighted by molar-refractivity contribution is 5.62. The van der Waals surface area contributed by atoms with Crippen LogP contribution in [0.15, 0.2) is 30.3 Å². The van der Waals surface area contributed by atoms with Gasteiger partial charge in [-0.2, -0.15) is 0 Å². The van der Waals surface area contributed by atoms with E-state index >= 15 is 0 Å². The molecule has 1 aromatic carbocycles. The number of nitrogen functional groups attached to an aromatic ring is 1. The van der Waals surface area contributed by atoms with Crippen molar-refractivity contribution in [2.45, 2.75) is 19.8 Å². The van der Waals surface area contributed by atoms with Gasteiger partial charge in [-0.3, -0.25) is 0 Å². The topological polar surface area (TPSA) is 61.0 Å². The lowest BCUT2D eigenvalue weighted by Crippen LogP contribution is -2.01. The molecule has 94 valence electrons. The number of anilines is 1. The van der Waals surface area contributed by atoms with Gasteiger partial charge in [-0.1, -0.05) is 6.92 Å². The van der Waals surface area contributed by atoms with Crippen LogP contribution in [0.5, 0.6) is 5.75 Å². The number of nitrogens with two attached hydrogens (primary N) is 1. The van der Waals surface area contributed by atoms with Gasteiger partial charge in [0.1, 0.15) is 17.4 Å². The summed E-state index contributed by atoms with van der Waals surface area (Å²) in [6.45, 7) is 2.10. The van der Waals surface area contributed by atoms with Crippen molar-refractivity contribution in [2.24, 2.45) is 0 Å². The molecular formula is C14H17N3O. The lowest BCUT2D eigenvalue weighted by atomic mass is 10.1. The molecule has 0 fully saturated rings. The van der Waals surface area contributed by atoms with Crippen molar-refractivity contribution in [3.8, 4) is 17.0 Å². The third kappa shape index (κ3) is 2.77. The van der Waals surface area contributed by atoms with E-state index in [2.05, 4.69) is 16.9 Å². The third-order valence-electron chi connectivity index (χ3n) is 2.65. The number of aromatic nitrogens is 2. The number of rotatable bonds is 4. The van der Waals surface area contributed by atoms with Crippen LogP contribution in [-0.2, 0) is 6.42 Å². The van der Waals surface area contributed by atoms with E-state index < -0.39 is 0 Å². The van der Waals surface area contributed by atoms with E-state index in [1.54, 1.807) is 13.2 Å². The molecule has 2 aromatic rings. The zero-order valence-electron chi connectivity index (χ0n) is 10.7. The molecule has 18 heavy (non-hydrogen) atoms. The normalized spacial score (nSPS) is 10.3. The molecule has 1 aromatic heterocycles. The van der Waals surface area contributed by atoms with Crippen LogP contribution in [-0.4, -0.2) is 17.1 Å². The summed E-state index contributed by atoms with van der Waals surface area (Å²) in [5.74, 6) is 2.14. The Morgan fingerprint density at radius 2 is 1.89 bits per heavy atom. The SMILES string of the molecule is CCCc1nc(N)cc(-c2ccc(OC)cc2)n1. The molecule has 4 nitrogen and oxygen atoms in total. The largest absolute Gasteiger partial charge is 0.497 e. The molecule has 0 aliphatic carbocycles. The lowest BCUT2D eigenvalue weighted by molar-refractivity contribution is 0.415. The number of methoxy groups -OCH3 is 1. The zero-order chi connectivity index (χ0) is 13.0. The highest BCUT2D eigenvalue weighted by atomic mass is 16.5. The Balaban J connectivity index is 2.36. The Morgan fingerprint density at radius 3 is 2.50 bits per heavy atom. The summed E-state index contributed by atoms with van der Waals surface area (Å²) in [6.07, 6.45) is 1.85. The van der Waals surface area contributed by atoms with Gasteiger partial charge < -0.3 is 10.5 Å². The molecular weight excluding hydrogens is 226 g/mol. The maximum Gasteiger partial charge on any atom is 0.131 e. The van der Waals surface area contributed by atoms with Crippen LogP contribution in [0.4, 0.5) is 5.82 Å². The summed E-state index contributed by atoms with van der Waals surface area (Å²) in [5, 5.41) is 0. The molecule has 0 unspecified atom stereocenters. The van der Waals surface area contributed by atoms with Crippen molar-refractivity contribution >= 4 is 5.82 Å². The number of ether oxygens (including phenoxy) is 1. The summed E-state index contributed by atoms with van der Waals surface area (Å²) in [4.78, 5) is 8.74. The van der Waals surface area contributed by atoms with Gasteiger partial charge in [0.2, 0.25) is 0 Å². The van der Waals surface area contributed by atoms with Gasteiger partial charge in [0.25, 0.3) is 0 Å². The standard InChI is InChI=1S/C14H17N3O/c1-3-4-14-16-12(9-13(15)17-14)10-5-7-11(18-2)8-6-10/h5-9H,3-4H2,1-2H3,(H2,15,16,17). The number of benzene rings is 1. The molecule has 1 heterocycles. The summed E-state index contributed by atoms with van der Waals surface area (Å²) >= 11 is 0. The lowest BCUT2D eigenvalue weighted by Gasteiger charge is -2.06. The monoisotopic (exact) mass is 243 g/mol. The van der Waals surface area contributed by atoms with E-state index in [1.165, 1.54) is 0 Å². The molecule has 0 spiro atoms. The van der Waals surface area contributed by atoms with E-state index in [-0.39, 0.29) is 0 Å². The second-order valence-corrected chi connectivity index (χ2v) is 4.07. The fourth-order valence-electron chi connectivity index (χ4n) is 1.76.